The second-order valence-electron chi connectivity index (χ2n) is 4.31. The van der Waals surface area contributed by atoms with Crippen molar-refractivity contribution in [1.29, 1.82) is 0 Å². The molecule has 0 aliphatic rings. The largest absolute Gasteiger partial charge is 0.273 e. The maximum absolute atomic E-state index is 12.9. The molecule has 0 N–H and O–H groups in total. The van der Waals surface area contributed by atoms with Crippen molar-refractivity contribution in [3.05, 3.63) is 53.6 Å². The van der Waals surface area contributed by atoms with E-state index in [0.717, 1.165) is 23.9 Å². The molecule has 1 aromatic carbocycles. The standard InChI is InChI=1S/C14H16BrFN2/c1-2-18-10-11(9-17-18)7-13(8-15)12-3-5-14(16)6-4-12/h3-6,9-10,13H,2,7-8H2,1H3. The van der Waals surface area contributed by atoms with Crippen LogP contribution in [0.1, 0.15) is 24.0 Å². The number of nitrogens with zero attached hydrogens (tertiary/aromatic N) is 2. The van der Waals surface area contributed by atoms with E-state index in [2.05, 4.69) is 34.1 Å². The van der Waals surface area contributed by atoms with E-state index >= 15 is 0 Å². The molecule has 0 aliphatic carbocycles. The molecule has 18 heavy (non-hydrogen) atoms. The summed E-state index contributed by atoms with van der Waals surface area (Å²) in [5.41, 5.74) is 2.36. The molecule has 1 aromatic heterocycles. The van der Waals surface area contributed by atoms with Gasteiger partial charge < -0.3 is 0 Å². The van der Waals surface area contributed by atoms with Crippen LogP contribution in [-0.2, 0) is 13.0 Å². The SMILES string of the molecule is CCn1cc(CC(CBr)c2ccc(F)cc2)cn1. The third-order valence-corrected chi connectivity index (χ3v) is 3.80. The van der Waals surface area contributed by atoms with E-state index in [0.29, 0.717) is 5.92 Å². The Kier molecular flexibility index (Phi) is 4.53. The maximum Gasteiger partial charge on any atom is 0.123 e. The Labute approximate surface area is 115 Å². The minimum Gasteiger partial charge on any atom is -0.273 e. The quantitative estimate of drug-likeness (QED) is 0.769. The van der Waals surface area contributed by atoms with E-state index in [1.54, 1.807) is 0 Å². The maximum atomic E-state index is 12.9. The van der Waals surface area contributed by atoms with Crippen LogP contribution in [0.2, 0.25) is 0 Å². The first kappa shape index (κ1) is 13.3. The van der Waals surface area contributed by atoms with Crippen LogP contribution in [0.15, 0.2) is 36.7 Å². The molecule has 2 nitrogen and oxygen atoms in total. The molecule has 1 unspecified atom stereocenters. The van der Waals surface area contributed by atoms with E-state index < -0.39 is 0 Å². The van der Waals surface area contributed by atoms with E-state index in [9.17, 15) is 4.39 Å². The van der Waals surface area contributed by atoms with Gasteiger partial charge in [0.2, 0.25) is 0 Å². The van der Waals surface area contributed by atoms with Crippen molar-refractivity contribution in [1.82, 2.24) is 9.78 Å². The zero-order valence-corrected chi connectivity index (χ0v) is 11.9. The normalized spacial score (nSPS) is 12.6. The molecule has 4 heteroatoms. The summed E-state index contributed by atoms with van der Waals surface area (Å²) in [6, 6.07) is 6.73. The molecule has 1 heterocycles. The van der Waals surface area contributed by atoms with Crippen LogP contribution in [0.5, 0.6) is 0 Å². The second-order valence-corrected chi connectivity index (χ2v) is 4.96. The van der Waals surface area contributed by atoms with Crippen molar-refractivity contribution in [2.24, 2.45) is 0 Å². The lowest BCUT2D eigenvalue weighted by Crippen LogP contribution is -2.04. The highest BCUT2D eigenvalue weighted by molar-refractivity contribution is 9.09. The molecule has 1 atom stereocenters. The van der Waals surface area contributed by atoms with Crippen molar-refractivity contribution >= 4 is 15.9 Å². The summed E-state index contributed by atoms with van der Waals surface area (Å²) in [5, 5.41) is 5.13. The van der Waals surface area contributed by atoms with E-state index in [-0.39, 0.29) is 5.82 Å². The fraction of sp³-hybridized carbons (Fsp3) is 0.357. The van der Waals surface area contributed by atoms with Crippen LogP contribution >= 0.6 is 15.9 Å². The van der Waals surface area contributed by atoms with Crippen molar-refractivity contribution < 1.29 is 4.39 Å². The van der Waals surface area contributed by atoms with Gasteiger partial charge in [0.05, 0.1) is 6.20 Å². The topological polar surface area (TPSA) is 17.8 Å². The Morgan fingerprint density at radius 1 is 1.33 bits per heavy atom. The molecule has 0 bridgehead atoms. The number of aromatic nitrogens is 2. The van der Waals surface area contributed by atoms with Crippen LogP contribution in [0.4, 0.5) is 4.39 Å². The highest BCUT2D eigenvalue weighted by atomic mass is 79.9. The molecule has 0 radical (unpaired) electrons. The van der Waals surface area contributed by atoms with E-state index in [1.165, 1.54) is 17.7 Å². The third-order valence-electron chi connectivity index (χ3n) is 3.02. The summed E-state index contributed by atoms with van der Waals surface area (Å²) in [6.45, 7) is 2.95. The van der Waals surface area contributed by atoms with Crippen LogP contribution in [0.25, 0.3) is 0 Å². The summed E-state index contributed by atoms with van der Waals surface area (Å²) in [5.74, 6) is 0.158. The molecule has 0 saturated heterocycles. The average Bonchev–Trinajstić information content (AvgIpc) is 2.85. The van der Waals surface area contributed by atoms with Crippen LogP contribution in [-0.4, -0.2) is 15.1 Å². The monoisotopic (exact) mass is 310 g/mol. The van der Waals surface area contributed by atoms with Crippen molar-refractivity contribution in [3.63, 3.8) is 0 Å². The van der Waals surface area contributed by atoms with Gasteiger partial charge in [-0.25, -0.2) is 4.39 Å². The number of rotatable bonds is 5. The summed E-state index contributed by atoms with van der Waals surface area (Å²) in [7, 11) is 0. The van der Waals surface area contributed by atoms with Gasteiger partial charge in [0.25, 0.3) is 0 Å². The molecule has 96 valence electrons. The van der Waals surface area contributed by atoms with Gasteiger partial charge in [-0.2, -0.15) is 5.10 Å². The minimum absolute atomic E-state index is 0.189. The highest BCUT2D eigenvalue weighted by Crippen LogP contribution is 2.23. The van der Waals surface area contributed by atoms with Crippen molar-refractivity contribution in [2.45, 2.75) is 25.8 Å². The fourth-order valence-electron chi connectivity index (χ4n) is 1.97. The molecule has 0 amide bonds. The zero-order valence-electron chi connectivity index (χ0n) is 10.3. The Morgan fingerprint density at radius 2 is 2.06 bits per heavy atom. The smallest absolute Gasteiger partial charge is 0.123 e. The van der Waals surface area contributed by atoms with Crippen molar-refractivity contribution in [2.75, 3.05) is 5.33 Å². The lowest BCUT2D eigenvalue weighted by Gasteiger charge is -2.13. The first-order valence-corrected chi connectivity index (χ1v) is 7.17. The third kappa shape index (κ3) is 3.19. The van der Waals surface area contributed by atoms with Gasteiger partial charge in [0, 0.05) is 18.1 Å². The number of hydrogen-bond acceptors (Lipinski definition) is 1. The minimum atomic E-state index is -0.189. The Hall–Kier alpha value is -1.16. The molecular formula is C14H16BrFN2. The summed E-state index contributed by atoms with van der Waals surface area (Å²) in [6.07, 6.45) is 4.89. The molecule has 2 rings (SSSR count). The summed E-state index contributed by atoms with van der Waals surface area (Å²) < 4.78 is 14.8. The van der Waals surface area contributed by atoms with Gasteiger partial charge in [-0.1, -0.05) is 28.1 Å². The van der Waals surface area contributed by atoms with Gasteiger partial charge in [-0.05, 0) is 42.5 Å². The summed E-state index contributed by atoms with van der Waals surface area (Å²) >= 11 is 3.53. The van der Waals surface area contributed by atoms with Crippen LogP contribution in [0.3, 0.4) is 0 Å². The van der Waals surface area contributed by atoms with Gasteiger partial charge in [0.15, 0.2) is 0 Å². The van der Waals surface area contributed by atoms with Gasteiger partial charge in [-0.15, -0.1) is 0 Å². The average molecular weight is 311 g/mol. The predicted molar refractivity (Wildman–Crippen MR) is 74.5 cm³/mol. The van der Waals surface area contributed by atoms with Crippen molar-refractivity contribution in [3.8, 4) is 0 Å². The Balaban J connectivity index is 2.11. The number of benzene rings is 1. The number of halogens is 2. The molecule has 0 spiro atoms. The fourth-order valence-corrected chi connectivity index (χ4v) is 2.57. The van der Waals surface area contributed by atoms with Gasteiger partial charge in [-0.3, -0.25) is 4.68 Å². The van der Waals surface area contributed by atoms with Crippen LogP contribution in [0, 0.1) is 5.82 Å². The number of alkyl halides is 1. The first-order valence-electron chi connectivity index (χ1n) is 6.05. The Morgan fingerprint density at radius 3 is 2.61 bits per heavy atom. The molecule has 2 aromatic rings. The molecule has 0 saturated carbocycles. The predicted octanol–water partition coefficient (Wildman–Crippen LogP) is 3.76. The lowest BCUT2D eigenvalue weighted by molar-refractivity contribution is 0.625. The molecule has 0 aliphatic heterocycles. The highest BCUT2D eigenvalue weighted by Gasteiger charge is 2.12. The van der Waals surface area contributed by atoms with E-state index in [4.69, 9.17) is 0 Å². The zero-order chi connectivity index (χ0) is 13.0. The first-order chi connectivity index (χ1) is 8.72. The second kappa shape index (κ2) is 6.14. The number of aryl methyl sites for hydroxylation is 1. The number of hydrogen-bond donors (Lipinski definition) is 0. The van der Waals surface area contributed by atoms with Gasteiger partial charge in [0.1, 0.15) is 5.82 Å². The lowest BCUT2D eigenvalue weighted by atomic mass is 9.95. The molecule has 0 fully saturated rings. The van der Waals surface area contributed by atoms with Crippen LogP contribution < -0.4 is 0 Å². The molecular weight excluding hydrogens is 295 g/mol. The van der Waals surface area contributed by atoms with Gasteiger partial charge >= 0.3 is 0 Å². The summed E-state index contributed by atoms with van der Waals surface area (Å²) in [4.78, 5) is 0. The Bertz CT molecular complexity index is 493. The van der Waals surface area contributed by atoms with E-state index in [1.807, 2.05) is 23.0 Å².